The van der Waals surface area contributed by atoms with Gasteiger partial charge in [0.2, 0.25) is 0 Å². The number of carboxylic acid groups (broad SMARTS) is 1. The van der Waals surface area contributed by atoms with Crippen LogP contribution < -0.4 is 4.74 Å². The third-order valence-corrected chi connectivity index (χ3v) is 3.23. The lowest BCUT2D eigenvalue weighted by Gasteiger charge is -2.05. The van der Waals surface area contributed by atoms with Crippen LogP contribution in [0.25, 0.3) is 6.08 Å². The van der Waals surface area contributed by atoms with Gasteiger partial charge < -0.3 is 14.8 Å². The van der Waals surface area contributed by atoms with Gasteiger partial charge in [-0.1, -0.05) is 23.9 Å². The SMILES string of the molecule is O=C(O)/C=C/c1ccc(OCCSc2ncc[nH]2)cc1. The van der Waals surface area contributed by atoms with E-state index in [9.17, 15) is 4.79 Å². The number of ether oxygens (including phenoxy) is 1. The molecule has 0 saturated carbocycles. The normalized spacial score (nSPS) is 10.8. The molecular weight excluding hydrogens is 276 g/mol. The van der Waals surface area contributed by atoms with E-state index in [-0.39, 0.29) is 0 Å². The van der Waals surface area contributed by atoms with Crippen LogP contribution >= 0.6 is 11.8 Å². The number of hydrogen-bond donors (Lipinski definition) is 2. The summed E-state index contributed by atoms with van der Waals surface area (Å²) in [6, 6.07) is 7.26. The molecule has 0 aliphatic rings. The number of hydrogen-bond acceptors (Lipinski definition) is 4. The summed E-state index contributed by atoms with van der Waals surface area (Å²) in [6.07, 6.45) is 6.15. The second-order valence-electron chi connectivity index (χ2n) is 3.83. The summed E-state index contributed by atoms with van der Waals surface area (Å²) >= 11 is 1.59. The monoisotopic (exact) mass is 290 g/mol. The zero-order valence-corrected chi connectivity index (χ0v) is 11.5. The van der Waals surface area contributed by atoms with Crippen molar-refractivity contribution in [3.05, 3.63) is 48.3 Å². The highest BCUT2D eigenvalue weighted by molar-refractivity contribution is 7.99. The van der Waals surface area contributed by atoms with Gasteiger partial charge in [-0.15, -0.1) is 0 Å². The molecule has 2 rings (SSSR count). The summed E-state index contributed by atoms with van der Waals surface area (Å²) in [5, 5.41) is 9.41. The van der Waals surface area contributed by atoms with Gasteiger partial charge in [-0.2, -0.15) is 0 Å². The largest absolute Gasteiger partial charge is 0.493 e. The fourth-order valence-electron chi connectivity index (χ4n) is 1.47. The van der Waals surface area contributed by atoms with E-state index in [2.05, 4.69) is 9.97 Å². The average Bonchev–Trinajstić information content (AvgIpc) is 2.96. The maximum atomic E-state index is 10.4. The van der Waals surface area contributed by atoms with Gasteiger partial charge in [-0.05, 0) is 23.8 Å². The van der Waals surface area contributed by atoms with E-state index in [1.54, 1.807) is 30.2 Å². The fraction of sp³-hybridized carbons (Fsp3) is 0.143. The molecule has 6 heteroatoms. The predicted octanol–water partition coefficient (Wildman–Crippen LogP) is 2.68. The van der Waals surface area contributed by atoms with Gasteiger partial charge in [0, 0.05) is 24.2 Å². The van der Waals surface area contributed by atoms with Crippen molar-refractivity contribution in [1.82, 2.24) is 9.97 Å². The summed E-state index contributed by atoms with van der Waals surface area (Å²) in [4.78, 5) is 17.5. The van der Waals surface area contributed by atoms with Gasteiger partial charge in [0.15, 0.2) is 5.16 Å². The number of imidazole rings is 1. The Hall–Kier alpha value is -2.21. The van der Waals surface area contributed by atoms with Crippen LogP contribution in [0.4, 0.5) is 0 Å². The smallest absolute Gasteiger partial charge is 0.328 e. The predicted molar refractivity (Wildman–Crippen MR) is 77.9 cm³/mol. The Labute approximate surface area is 120 Å². The van der Waals surface area contributed by atoms with Gasteiger partial charge in [-0.3, -0.25) is 0 Å². The molecule has 0 unspecified atom stereocenters. The third-order valence-electron chi connectivity index (χ3n) is 2.36. The van der Waals surface area contributed by atoms with E-state index in [4.69, 9.17) is 9.84 Å². The number of carbonyl (C=O) groups is 1. The van der Waals surface area contributed by atoms with Crippen LogP contribution in [0.15, 0.2) is 47.9 Å². The molecule has 0 bridgehead atoms. The highest BCUT2D eigenvalue weighted by Crippen LogP contribution is 2.15. The summed E-state index contributed by atoms with van der Waals surface area (Å²) in [5.74, 6) is 0.603. The van der Waals surface area contributed by atoms with Crippen LogP contribution in [0.3, 0.4) is 0 Å². The summed E-state index contributed by atoms with van der Waals surface area (Å²) < 4.78 is 5.58. The highest BCUT2D eigenvalue weighted by Gasteiger charge is 1.97. The van der Waals surface area contributed by atoms with E-state index in [0.717, 1.165) is 28.3 Å². The molecule has 5 nitrogen and oxygen atoms in total. The standard InChI is InChI=1S/C14H14N2O3S/c17-13(18)6-3-11-1-4-12(5-2-11)19-9-10-20-14-15-7-8-16-14/h1-8H,9-10H2,(H,15,16)(H,17,18)/b6-3+. The topological polar surface area (TPSA) is 75.2 Å². The van der Waals surface area contributed by atoms with E-state index < -0.39 is 5.97 Å². The Morgan fingerprint density at radius 2 is 2.20 bits per heavy atom. The second-order valence-corrected chi connectivity index (χ2v) is 4.92. The third kappa shape index (κ3) is 4.81. The van der Waals surface area contributed by atoms with Crippen LogP contribution in [0.5, 0.6) is 5.75 Å². The van der Waals surface area contributed by atoms with Gasteiger partial charge in [0.05, 0.1) is 6.61 Å². The van der Waals surface area contributed by atoms with Crippen LogP contribution in [0, 0.1) is 0 Å². The number of thioether (sulfide) groups is 1. The molecule has 104 valence electrons. The number of aromatic amines is 1. The molecule has 1 aromatic carbocycles. The van der Waals surface area contributed by atoms with Crippen molar-refractivity contribution in [3.8, 4) is 5.75 Å². The average molecular weight is 290 g/mol. The molecule has 2 aromatic rings. The quantitative estimate of drug-likeness (QED) is 0.466. The Bertz CT molecular complexity index is 565. The van der Waals surface area contributed by atoms with Crippen molar-refractivity contribution in [2.24, 2.45) is 0 Å². The summed E-state index contributed by atoms with van der Waals surface area (Å²) in [6.45, 7) is 0.579. The molecule has 2 N–H and O–H groups in total. The first-order valence-electron chi connectivity index (χ1n) is 6.00. The fourth-order valence-corrected chi connectivity index (χ4v) is 2.12. The molecule has 0 amide bonds. The number of nitrogens with zero attached hydrogens (tertiary/aromatic N) is 1. The van der Waals surface area contributed by atoms with E-state index in [1.807, 2.05) is 24.3 Å². The zero-order valence-electron chi connectivity index (χ0n) is 10.7. The number of benzene rings is 1. The zero-order chi connectivity index (χ0) is 14.2. The molecule has 0 saturated heterocycles. The van der Waals surface area contributed by atoms with Crippen LogP contribution in [-0.4, -0.2) is 33.4 Å². The van der Waals surface area contributed by atoms with Gasteiger partial charge in [0.25, 0.3) is 0 Å². The first-order chi connectivity index (χ1) is 9.74. The lowest BCUT2D eigenvalue weighted by molar-refractivity contribution is -0.131. The molecule has 1 heterocycles. The number of rotatable bonds is 7. The van der Waals surface area contributed by atoms with Gasteiger partial charge in [-0.25, -0.2) is 9.78 Å². The van der Waals surface area contributed by atoms with Crippen molar-refractivity contribution in [3.63, 3.8) is 0 Å². The van der Waals surface area contributed by atoms with Crippen LogP contribution in [0.1, 0.15) is 5.56 Å². The molecule has 0 radical (unpaired) electrons. The lowest BCUT2D eigenvalue weighted by Crippen LogP contribution is -2.00. The van der Waals surface area contributed by atoms with Crippen molar-refractivity contribution < 1.29 is 14.6 Å². The molecule has 0 aliphatic carbocycles. The minimum atomic E-state index is -0.958. The van der Waals surface area contributed by atoms with Crippen LogP contribution in [0.2, 0.25) is 0 Å². The first-order valence-corrected chi connectivity index (χ1v) is 6.98. The molecule has 0 spiro atoms. The minimum absolute atomic E-state index is 0.579. The lowest BCUT2D eigenvalue weighted by atomic mass is 10.2. The first kappa shape index (κ1) is 14.2. The molecular formula is C14H14N2O3S. The van der Waals surface area contributed by atoms with E-state index >= 15 is 0 Å². The van der Waals surface area contributed by atoms with Crippen molar-refractivity contribution in [2.75, 3.05) is 12.4 Å². The summed E-state index contributed by atoms with van der Waals surface area (Å²) in [7, 11) is 0. The maximum absolute atomic E-state index is 10.4. The van der Waals surface area contributed by atoms with E-state index in [0.29, 0.717) is 6.61 Å². The maximum Gasteiger partial charge on any atom is 0.328 e. The number of aromatic nitrogens is 2. The Kier molecular flexibility index (Phi) is 5.25. The Morgan fingerprint density at radius 1 is 1.40 bits per heavy atom. The molecule has 0 fully saturated rings. The minimum Gasteiger partial charge on any atom is -0.493 e. The van der Waals surface area contributed by atoms with Crippen LogP contribution in [-0.2, 0) is 4.79 Å². The number of carboxylic acids is 1. The molecule has 0 aliphatic heterocycles. The van der Waals surface area contributed by atoms with Crippen molar-refractivity contribution in [2.45, 2.75) is 5.16 Å². The summed E-state index contributed by atoms with van der Waals surface area (Å²) in [5.41, 5.74) is 0.824. The molecule has 1 aromatic heterocycles. The number of nitrogens with one attached hydrogen (secondary N) is 1. The Morgan fingerprint density at radius 3 is 2.85 bits per heavy atom. The van der Waals surface area contributed by atoms with Crippen molar-refractivity contribution >= 4 is 23.8 Å². The van der Waals surface area contributed by atoms with E-state index in [1.165, 1.54) is 0 Å². The Balaban J connectivity index is 1.74. The van der Waals surface area contributed by atoms with Gasteiger partial charge >= 0.3 is 5.97 Å². The highest BCUT2D eigenvalue weighted by atomic mass is 32.2. The molecule has 20 heavy (non-hydrogen) atoms. The van der Waals surface area contributed by atoms with Gasteiger partial charge in [0.1, 0.15) is 5.75 Å². The number of H-pyrrole nitrogens is 1. The van der Waals surface area contributed by atoms with Crippen molar-refractivity contribution in [1.29, 1.82) is 0 Å². The molecule has 0 atom stereocenters. The second kappa shape index (κ2) is 7.40. The number of aliphatic carboxylic acids is 1.